The molecule has 0 fully saturated rings. The number of likely N-dealkylation sites (N-methyl/N-ethyl adjacent to an activating group) is 1. The van der Waals surface area contributed by atoms with Crippen LogP contribution in [0.3, 0.4) is 0 Å². The zero-order chi connectivity index (χ0) is 13.7. The van der Waals surface area contributed by atoms with Gasteiger partial charge in [0.2, 0.25) is 0 Å². The normalized spacial score (nSPS) is 12.6. The first kappa shape index (κ1) is 13.8. The number of benzene rings is 2. The summed E-state index contributed by atoms with van der Waals surface area (Å²) < 4.78 is 0. The summed E-state index contributed by atoms with van der Waals surface area (Å²) >= 11 is 0. The van der Waals surface area contributed by atoms with E-state index in [0.29, 0.717) is 6.54 Å². The van der Waals surface area contributed by atoms with E-state index in [-0.39, 0.29) is 0 Å². The first-order valence-corrected chi connectivity index (χ1v) is 6.63. The van der Waals surface area contributed by atoms with E-state index in [1.807, 2.05) is 56.4 Å². The number of hydrogen-bond acceptors (Lipinski definition) is 2. The van der Waals surface area contributed by atoms with Crippen molar-refractivity contribution in [3.8, 4) is 0 Å². The number of hydrogen-bond donors (Lipinski definition) is 1. The minimum Gasteiger partial charge on any atom is -0.387 e. The molecule has 0 heterocycles. The van der Waals surface area contributed by atoms with E-state index in [1.54, 1.807) is 0 Å². The molecule has 2 heteroatoms. The summed E-state index contributed by atoms with van der Waals surface area (Å²) in [5, 5.41) is 10.3. The third-order valence-electron chi connectivity index (χ3n) is 3.33. The van der Waals surface area contributed by atoms with Crippen LogP contribution < -0.4 is 0 Å². The molecule has 100 valence electrons. The molecule has 0 aliphatic heterocycles. The van der Waals surface area contributed by atoms with Gasteiger partial charge >= 0.3 is 0 Å². The Balaban J connectivity index is 1.96. The monoisotopic (exact) mass is 255 g/mol. The number of aliphatic hydroxyl groups is 1. The number of aliphatic hydroxyl groups excluding tert-OH is 1. The summed E-state index contributed by atoms with van der Waals surface area (Å²) in [6, 6.07) is 18.3. The zero-order valence-electron chi connectivity index (χ0n) is 11.6. The minimum absolute atomic E-state index is 0.435. The third-order valence-corrected chi connectivity index (χ3v) is 3.33. The smallest absolute Gasteiger partial charge is 0.0919 e. The molecule has 2 aromatic carbocycles. The van der Waals surface area contributed by atoms with Gasteiger partial charge in [0.05, 0.1) is 6.10 Å². The molecule has 2 nitrogen and oxygen atoms in total. The van der Waals surface area contributed by atoms with Gasteiger partial charge in [-0.15, -0.1) is 0 Å². The first-order valence-electron chi connectivity index (χ1n) is 6.63. The lowest BCUT2D eigenvalue weighted by Gasteiger charge is -2.22. The first-order chi connectivity index (χ1) is 9.16. The summed E-state index contributed by atoms with van der Waals surface area (Å²) in [5.74, 6) is 0. The molecule has 0 amide bonds. The second kappa shape index (κ2) is 6.50. The molecule has 1 N–H and O–H groups in total. The Morgan fingerprint density at radius 2 is 1.63 bits per heavy atom. The lowest BCUT2D eigenvalue weighted by molar-refractivity contribution is 0.123. The van der Waals surface area contributed by atoms with Gasteiger partial charge in [0, 0.05) is 13.1 Å². The molecule has 2 aromatic rings. The molecule has 0 saturated heterocycles. The molecule has 2 rings (SSSR count). The summed E-state index contributed by atoms with van der Waals surface area (Å²) in [4.78, 5) is 2.15. The van der Waals surface area contributed by atoms with Crippen LogP contribution in [0.4, 0.5) is 0 Å². The van der Waals surface area contributed by atoms with E-state index in [4.69, 9.17) is 0 Å². The number of rotatable bonds is 5. The maximum atomic E-state index is 10.3. The van der Waals surface area contributed by atoms with Crippen molar-refractivity contribution < 1.29 is 5.11 Å². The van der Waals surface area contributed by atoms with Crippen molar-refractivity contribution in [2.24, 2.45) is 0 Å². The molecule has 19 heavy (non-hydrogen) atoms. The van der Waals surface area contributed by atoms with Crippen LogP contribution in [0.2, 0.25) is 0 Å². The fourth-order valence-corrected chi connectivity index (χ4v) is 2.31. The van der Waals surface area contributed by atoms with Crippen molar-refractivity contribution in [3.63, 3.8) is 0 Å². The van der Waals surface area contributed by atoms with Gasteiger partial charge < -0.3 is 5.11 Å². The van der Waals surface area contributed by atoms with Crippen molar-refractivity contribution in [2.75, 3.05) is 13.6 Å². The predicted octanol–water partition coefficient (Wildman–Crippen LogP) is 3.16. The highest BCUT2D eigenvalue weighted by Crippen LogP contribution is 2.18. The molecule has 0 radical (unpaired) electrons. The number of aryl methyl sites for hydroxylation is 1. The van der Waals surface area contributed by atoms with E-state index in [1.165, 1.54) is 5.56 Å². The van der Waals surface area contributed by atoms with Gasteiger partial charge in [0.15, 0.2) is 0 Å². The van der Waals surface area contributed by atoms with Gasteiger partial charge in [0.25, 0.3) is 0 Å². The molecule has 0 aliphatic carbocycles. The van der Waals surface area contributed by atoms with Crippen LogP contribution >= 0.6 is 0 Å². The molecule has 0 aromatic heterocycles. The Kier molecular flexibility index (Phi) is 4.72. The lowest BCUT2D eigenvalue weighted by atomic mass is 10.0. The molecule has 1 unspecified atom stereocenters. The van der Waals surface area contributed by atoms with Crippen LogP contribution in [0, 0.1) is 6.92 Å². The van der Waals surface area contributed by atoms with Crippen molar-refractivity contribution in [1.29, 1.82) is 0 Å². The molecular formula is C17H21NO. The van der Waals surface area contributed by atoms with Crippen LogP contribution in [-0.2, 0) is 6.54 Å². The van der Waals surface area contributed by atoms with Crippen LogP contribution in [0.25, 0.3) is 0 Å². The highest BCUT2D eigenvalue weighted by Gasteiger charge is 2.12. The van der Waals surface area contributed by atoms with Crippen LogP contribution in [-0.4, -0.2) is 23.6 Å². The average molecular weight is 255 g/mol. The van der Waals surface area contributed by atoms with E-state index >= 15 is 0 Å². The maximum Gasteiger partial charge on any atom is 0.0919 e. The van der Waals surface area contributed by atoms with E-state index in [9.17, 15) is 5.11 Å². The van der Waals surface area contributed by atoms with Crippen LogP contribution in [0.15, 0.2) is 54.6 Å². The van der Waals surface area contributed by atoms with Crippen molar-refractivity contribution in [1.82, 2.24) is 4.90 Å². The Morgan fingerprint density at radius 3 is 2.32 bits per heavy atom. The molecule has 1 atom stereocenters. The lowest BCUT2D eigenvalue weighted by Crippen LogP contribution is -2.24. The fourth-order valence-electron chi connectivity index (χ4n) is 2.31. The Hall–Kier alpha value is -1.64. The summed E-state index contributed by atoms with van der Waals surface area (Å²) in [6.07, 6.45) is -0.435. The van der Waals surface area contributed by atoms with Crippen LogP contribution in [0.1, 0.15) is 22.8 Å². The molecule has 0 bridgehead atoms. The molecule has 0 saturated carbocycles. The quantitative estimate of drug-likeness (QED) is 0.887. The average Bonchev–Trinajstić information content (AvgIpc) is 2.40. The number of nitrogens with zero attached hydrogens (tertiary/aromatic N) is 1. The van der Waals surface area contributed by atoms with Crippen LogP contribution in [0.5, 0.6) is 0 Å². The van der Waals surface area contributed by atoms with Gasteiger partial charge in [-0.2, -0.15) is 0 Å². The van der Waals surface area contributed by atoms with Gasteiger partial charge in [-0.05, 0) is 30.7 Å². The second-order valence-electron chi connectivity index (χ2n) is 5.05. The summed E-state index contributed by atoms with van der Waals surface area (Å²) in [7, 11) is 2.04. The predicted molar refractivity (Wildman–Crippen MR) is 78.9 cm³/mol. The van der Waals surface area contributed by atoms with Crippen molar-refractivity contribution in [2.45, 2.75) is 19.6 Å². The summed E-state index contributed by atoms with van der Waals surface area (Å²) in [5.41, 5.74) is 3.42. The van der Waals surface area contributed by atoms with Gasteiger partial charge in [-0.1, -0.05) is 54.6 Å². The SMILES string of the molecule is Cc1ccccc1C(O)CN(C)Cc1ccccc1. The standard InChI is InChI=1S/C17H21NO/c1-14-8-6-7-11-16(14)17(19)13-18(2)12-15-9-4-3-5-10-15/h3-11,17,19H,12-13H2,1-2H3. The van der Waals surface area contributed by atoms with Crippen molar-refractivity contribution in [3.05, 3.63) is 71.3 Å². The highest BCUT2D eigenvalue weighted by atomic mass is 16.3. The van der Waals surface area contributed by atoms with Gasteiger partial charge in [-0.3, -0.25) is 4.90 Å². The maximum absolute atomic E-state index is 10.3. The zero-order valence-corrected chi connectivity index (χ0v) is 11.6. The highest BCUT2D eigenvalue weighted by molar-refractivity contribution is 5.27. The topological polar surface area (TPSA) is 23.5 Å². The molecule has 0 aliphatic rings. The summed E-state index contributed by atoms with van der Waals surface area (Å²) in [6.45, 7) is 3.53. The minimum atomic E-state index is -0.435. The Bertz CT molecular complexity index is 510. The molecule has 0 spiro atoms. The third kappa shape index (κ3) is 3.91. The van der Waals surface area contributed by atoms with Crippen molar-refractivity contribution >= 4 is 0 Å². The fraction of sp³-hybridized carbons (Fsp3) is 0.294. The second-order valence-corrected chi connectivity index (χ2v) is 5.05. The van der Waals surface area contributed by atoms with E-state index in [0.717, 1.165) is 17.7 Å². The van der Waals surface area contributed by atoms with E-state index in [2.05, 4.69) is 17.0 Å². The van der Waals surface area contributed by atoms with Gasteiger partial charge in [0.1, 0.15) is 0 Å². The van der Waals surface area contributed by atoms with Gasteiger partial charge in [-0.25, -0.2) is 0 Å². The Morgan fingerprint density at radius 1 is 1.00 bits per heavy atom. The largest absolute Gasteiger partial charge is 0.387 e. The van der Waals surface area contributed by atoms with E-state index < -0.39 is 6.10 Å². The Labute approximate surface area is 115 Å². The molecular weight excluding hydrogens is 234 g/mol.